The molecule has 0 fully saturated rings. The number of benzene rings is 3. The van der Waals surface area contributed by atoms with Crippen LogP contribution in [0.4, 0.5) is 0 Å². The van der Waals surface area contributed by atoms with Crippen molar-refractivity contribution >= 4 is 34.1 Å². The highest BCUT2D eigenvalue weighted by molar-refractivity contribution is 6.42. The Bertz CT molecular complexity index is 1150. The van der Waals surface area contributed by atoms with Gasteiger partial charge in [-0.3, -0.25) is 4.79 Å². The Labute approximate surface area is 154 Å². The molecule has 0 saturated heterocycles. The Morgan fingerprint density at radius 1 is 0.760 bits per heavy atom. The Morgan fingerprint density at radius 2 is 1.52 bits per heavy atom. The van der Waals surface area contributed by atoms with Crippen LogP contribution in [0, 0.1) is 0 Å². The summed E-state index contributed by atoms with van der Waals surface area (Å²) in [5.74, 6) is 0. The lowest BCUT2D eigenvalue weighted by Crippen LogP contribution is -2.07. The van der Waals surface area contributed by atoms with Gasteiger partial charge in [-0.1, -0.05) is 59.6 Å². The van der Waals surface area contributed by atoms with Gasteiger partial charge in [-0.15, -0.1) is 0 Å². The number of pyridine rings is 1. The van der Waals surface area contributed by atoms with Gasteiger partial charge in [0.05, 0.1) is 21.2 Å². The van der Waals surface area contributed by atoms with E-state index in [1.165, 1.54) is 0 Å². The van der Waals surface area contributed by atoms with E-state index in [4.69, 9.17) is 23.2 Å². The smallest absolute Gasteiger partial charge is 0.189 e. The number of para-hydroxylation sites is 2. The van der Waals surface area contributed by atoms with Crippen molar-refractivity contribution < 1.29 is 0 Å². The molecule has 4 rings (SSSR count). The van der Waals surface area contributed by atoms with E-state index in [1.807, 2.05) is 65.2 Å². The van der Waals surface area contributed by atoms with E-state index in [1.54, 1.807) is 18.3 Å². The zero-order valence-corrected chi connectivity index (χ0v) is 14.6. The number of fused-ring (bicyclic) bond motifs is 1. The molecule has 0 aliphatic rings. The van der Waals surface area contributed by atoms with Crippen LogP contribution in [0.2, 0.25) is 10.0 Å². The molecule has 0 spiro atoms. The van der Waals surface area contributed by atoms with E-state index >= 15 is 0 Å². The first-order valence-corrected chi connectivity index (χ1v) is 8.56. The van der Waals surface area contributed by atoms with Crippen LogP contribution in [0.25, 0.3) is 27.7 Å². The van der Waals surface area contributed by atoms with Crippen molar-refractivity contribution in [3.05, 3.63) is 99.3 Å². The predicted octanol–water partition coefficient (Wildman–Crippen LogP) is 5.96. The van der Waals surface area contributed by atoms with Crippen molar-refractivity contribution in [2.75, 3.05) is 0 Å². The maximum atomic E-state index is 12.2. The summed E-state index contributed by atoms with van der Waals surface area (Å²) in [4.78, 5) is 12.2. The van der Waals surface area contributed by atoms with Gasteiger partial charge in [0.2, 0.25) is 0 Å². The molecule has 122 valence electrons. The van der Waals surface area contributed by atoms with Crippen molar-refractivity contribution in [3.63, 3.8) is 0 Å². The van der Waals surface area contributed by atoms with Gasteiger partial charge in [0.25, 0.3) is 0 Å². The Kier molecular flexibility index (Phi) is 4.08. The summed E-state index contributed by atoms with van der Waals surface area (Å²) < 4.78 is 2.02. The second-order valence-electron chi connectivity index (χ2n) is 5.71. The molecule has 4 heteroatoms. The van der Waals surface area contributed by atoms with Crippen LogP contribution < -0.4 is 5.43 Å². The van der Waals surface area contributed by atoms with E-state index in [2.05, 4.69) is 0 Å². The van der Waals surface area contributed by atoms with Crippen LogP contribution in [0.3, 0.4) is 0 Å². The van der Waals surface area contributed by atoms with Gasteiger partial charge >= 0.3 is 0 Å². The molecular formula is C21H13Cl2NO. The first kappa shape index (κ1) is 15.9. The van der Waals surface area contributed by atoms with Crippen molar-refractivity contribution in [1.82, 2.24) is 4.57 Å². The minimum absolute atomic E-state index is 0.0128. The summed E-state index contributed by atoms with van der Waals surface area (Å²) in [6, 6.07) is 22.8. The van der Waals surface area contributed by atoms with E-state index in [0.717, 1.165) is 22.3 Å². The number of hydrogen-bond acceptors (Lipinski definition) is 1. The maximum Gasteiger partial charge on any atom is 0.189 e. The van der Waals surface area contributed by atoms with Crippen LogP contribution in [0.5, 0.6) is 0 Å². The molecule has 25 heavy (non-hydrogen) atoms. The second kappa shape index (κ2) is 6.40. The molecule has 0 aliphatic carbocycles. The van der Waals surface area contributed by atoms with Crippen LogP contribution in [0.1, 0.15) is 0 Å². The van der Waals surface area contributed by atoms with Gasteiger partial charge in [-0.25, -0.2) is 0 Å². The Balaban J connectivity index is 2.01. The fourth-order valence-electron chi connectivity index (χ4n) is 3.01. The highest BCUT2D eigenvalue weighted by Gasteiger charge is 2.10. The summed E-state index contributed by atoms with van der Waals surface area (Å²) in [7, 11) is 0. The predicted molar refractivity (Wildman–Crippen MR) is 105 cm³/mol. The largest absolute Gasteiger partial charge is 0.316 e. The minimum atomic E-state index is 0.0128. The lowest BCUT2D eigenvalue weighted by molar-refractivity contribution is 1.10. The first-order chi connectivity index (χ1) is 12.1. The number of rotatable bonds is 2. The molecule has 0 atom stereocenters. The third kappa shape index (κ3) is 2.84. The molecule has 3 aromatic carbocycles. The van der Waals surface area contributed by atoms with Crippen LogP contribution >= 0.6 is 23.2 Å². The molecule has 1 aromatic heterocycles. The third-order valence-corrected chi connectivity index (χ3v) is 4.94. The van der Waals surface area contributed by atoms with Crippen molar-refractivity contribution in [3.8, 4) is 16.8 Å². The minimum Gasteiger partial charge on any atom is -0.316 e. The number of halogens is 2. The van der Waals surface area contributed by atoms with Gasteiger partial charge in [-0.05, 0) is 35.9 Å². The second-order valence-corrected chi connectivity index (χ2v) is 6.53. The maximum absolute atomic E-state index is 12.2. The summed E-state index contributed by atoms with van der Waals surface area (Å²) in [5, 5.41) is 1.73. The standard InChI is InChI=1S/C21H13Cl2NO/c22-17-10-9-14(13-18(17)23)15-5-1-3-7-19(15)24-12-11-21(25)16-6-2-4-8-20(16)24/h1-13H. The molecule has 0 bridgehead atoms. The lowest BCUT2D eigenvalue weighted by Gasteiger charge is -2.15. The summed E-state index contributed by atoms with van der Waals surface area (Å²) >= 11 is 12.2. The highest BCUT2D eigenvalue weighted by Crippen LogP contribution is 2.32. The molecule has 1 heterocycles. The van der Waals surface area contributed by atoms with Crippen molar-refractivity contribution in [2.24, 2.45) is 0 Å². The van der Waals surface area contributed by atoms with Crippen LogP contribution in [-0.4, -0.2) is 4.57 Å². The van der Waals surface area contributed by atoms with E-state index in [0.29, 0.717) is 15.4 Å². The zero-order chi connectivity index (χ0) is 17.4. The van der Waals surface area contributed by atoms with Gasteiger partial charge in [0.15, 0.2) is 5.43 Å². The van der Waals surface area contributed by atoms with Gasteiger partial charge < -0.3 is 4.57 Å². The van der Waals surface area contributed by atoms with E-state index in [9.17, 15) is 4.79 Å². The molecule has 4 aromatic rings. The fraction of sp³-hybridized carbons (Fsp3) is 0. The molecule has 0 amide bonds. The van der Waals surface area contributed by atoms with Gasteiger partial charge in [-0.2, -0.15) is 0 Å². The summed E-state index contributed by atoms with van der Waals surface area (Å²) in [6.07, 6.45) is 1.81. The monoisotopic (exact) mass is 365 g/mol. The first-order valence-electron chi connectivity index (χ1n) is 7.80. The molecule has 0 aliphatic heterocycles. The molecule has 0 radical (unpaired) electrons. The quantitative estimate of drug-likeness (QED) is 0.429. The fourth-order valence-corrected chi connectivity index (χ4v) is 3.30. The topological polar surface area (TPSA) is 22.0 Å². The number of hydrogen-bond donors (Lipinski definition) is 0. The Morgan fingerprint density at radius 3 is 2.36 bits per heavy atom. The third-order valence-electron chi connectivity index (χ3n) is 4.20. The molecule has 0 saturated carbocycles. The molecular weight excluding hydrogens is 353 g/mol. The van der Waals surface area contributed by atoms with Gasteiger partial charge in [0.1, 0.15) is 0 Å². The summed E-state index contributed by atoms with van der Waals surface area (Å²) in [6.45, 7) is 0. The zero-order valence-electron chi connectivity index (χ0n) is 13.1. The van der Waals surface area contributed by atoms with Gasteiger partial charge in [0, 0.05) is 23.2 Å². The van der Waals surface area contributed by atoms with Crippen LogP contribution in [-0.2, 0) is 0 Å². The average molecular weight is 366 g/mol. The number of nitrogens with zero attached hydrogens (tertiary/aromatic N) is 1. The van der Waals surface area contributed by atoms with Crippen molar-refractivity contribution in [1.29, 1.82) is 0 Å². The van der Waals surface area contributed by atoms with Crippen LogP contribution in [0.15, 0.2) is 83.8 Å². The van der Waals surface area contributed by atoms with Crippen molar-refractivity contribution in [2.45, 2.75) is 0 Å². The molecule has 0 N–H and O–H groups in total. The summed E-state index contributed by atoms with van der Waals surface area (Å²) in [5.41, 5.74) is 3.82. The SMILES string of the molecule is O=c1ccn(-c2ccccc2-c2ccc(Cl)c(Cl)c2)c2ccccc12. The Hall–Kier alpha value is -2.55. The van der Waals surface area contributed by atoms with E-state index < -0.39 is 0 Å². The highest BCUT2D eigenvalue weighted by atomic mass is 35.5. The normalized spacial score (nSPS) is 11.0. The molecule has 2 nitrogen and oxygen atoms in total. The lowest BCUT2D eigenvalue weighted by atomic mass is 10.0. The average Bonchev–Trinajstić information content (AvgIpc) is 2.65. The van der Waals surface area contributed by atoms with E-state index in [-0.39, 0.29) is 5.43 Å². The number of aromatic nitrogens is 1. The molecule has 0 unspecified atom stereocenters.